The lowest BCUT2D eigenvalue weighted by molar-refractivity contribution is 0.211. The maximum absolute atomic E-state index is 9.51. The number of rotatable bonds is 5. The van der Waals surface area contributed by atoms with Gasteiger partial charge in [0.2, 0.25) is 0 Å². The molecular formula is C17H18ClN3O. The molecule has 114 valence electrons. The number of fused-ring (bicyclic) bond motifs is 1. The molecule has 0 radical (unpaired) electrons. The molecule has 5 heteroatoms. The SMILES string of the molecule is Cc1ccc2nc(-c3cccc(NCC(O)CCl)c3)[nH]c2c1. The Morgan fingerprint density at radius 1 is 1.27 bits per heavy atom. The summed E-state index contributed by atoms with van der Waals surface area (Å²) < 4.78 is 0. The van der Waals surface area contributed by atoms with Gasteiger partial charge in [-0.3, -0.25) is 0 Å². The van der Waals surface area contributed by atoms with E-state index in [1.165, 1.54) is 5.56 Å². The van der Waals surface area contributed by atoms with Crippen molar-refractivity contribution in [2.24, 2.45) is 0 Å². The molecule has 0 amide bonds. The quantitative estimate of drug-likeness (QED) is 0.631. The average molecular weight is 316 g/mol. The van der Waals surface area contributed by atoms with Gasteiger partial charge in [-0.05, 0) is 36.8 Å². The van der Waals surface area contributed by atoms with Crippen LogP contribution in [0.5, 0.6) is 0 Å². The van der Waals surface area contributed by atoms with Gasteiger partial charge in [0.25, 0.3) is 0 Å². The Morgan fingerprint density at radius 2 is 2.14 bits per heavy atom. The fourth-order valence-corrected chi connectivity index (χ4v) is 2.44. The minimum absolute atomic E-state index is 0.218. The summed E-state index contributed by atoms with van der Waals surface area (Å²) in [6.07, 6.45) is -0.556. The summed E-state index contributed by atoms with van der Waals surface area (Å²) in [6, 6.07) is 14.1. The number of H-pyrrole nitrogens is 1. The van der Waals surface area contributed by atoms with Crippen LogP contribution in [0.3, 0.4) is 0 Å². The molecule has 3 aromatic rings. The van der Waals surface area contributed by atoms with Crippen LogP contribution in [-0.4, -0.2) is 33.6 Å². The number of aliphatic hydroxyl groups excluding tert-OH is 1. The minimum Gasteiger partial charge on any atom is -0.390 e. The van der Waals surface area contributed by atoms with Crippen molar-refractivity contribution in [3.63, 3.8) is 0 Å². The number of halogens is 1. The number of alkyl halides is 1. The smallest absolute Gasteiger partial charge is 0.138 e. The Balaban J connectivity index is 1.86. The monoisotopic (exact) mass is 315 g/mol. The van der Waals surface area contributed by atoms with Gasteiger partial charge in [0, 0.05) is 17.8 Å². The predicted octanol–water partition coefficient (Wildman–Crippen LogP) is 3.55. The number of benzene rings is 2. The predicted molar refractivity (Wildman–Crippen MR) is 91.5 cm³/mol. The number of aliphatic hydroxyl groups is 1. The standard InChI is InChI=1S/C17H18ClN3O/c1-11-5-6-15-16(7-11)21-17(20-15)12-3-2-4-13(8-12)19-10-14(22)9-18/h2-8,14,19,22H,9-10H2,1H3,(H,20,21). The third-order valence-electron chi connectivity index (χ3n) is 3.49. The van der Waals surface area contributed by atoms with Gasteiger partial charge in [0.05, 0.1) is 23.0 Å². The summed E-state index contributed by atoms with van der Waals surface area (Å²) in [5, 5.41) is 12.7. The summed E-state index contributed by atoms with van der Waals surface area (Å²) in [6.45, 7) is 2.49. The Kier molecular flexibility index (Phi) is 4.32. The number of aromatic amines is 1. The van der Waals surface area contributed by atoms with Gasteiger partial charge in [0.1, 0.15) is 5.82 Å². The molecule has 1 atom stereocenters. The van der Waals surface area contributed by atoms with Crippen molar-refractivity contribution in [1.82, 2.24) is 9.97 Å². The molecule has 4 nitrogen and oxygen atoms in total. The Hall–Kier alpha value is -2.04. The van der Waals surface area contributed by atoms with E-state index in [9.17, 15) is 5.11 Å². The number of nitrogens with zero attached hydrogens (tertiary/aromatic N) is 1. The van der Waals surface area contributed by atoms with E-state index in [1.807, 2.05) is 30.3 Å². The summed E-state index contributed by atoms with van der Waals surface area (Å²) in [5.41, 5.74) is 5.12. The van der Waals surface area contributed by atoms with Gasteiger partial charge in [-0.15, -0.1) is 11.6 Å². The maximum Gasteiger partial charge on any atom is 0.138 e. The molecule has 0 aliphatic heterocycles. The highest BCUT2D eigenvalue weighted by molar-refractivity contribution is 6.18. The molecule has 22 heavy (non-hydrogen) atoms. The van der Waals surface area contributed by atoms with Gasteiger partial charge in [-0.25, -0.2) is 4.98 Å². The normalized spacial score (nSPS) is 12.5. The molecule has 3 rings (SSSR count). The van der Waals surface area contributed by atoms with Crippen molar-refractivity contribution in [3.05, 3.63) is 48.0 Å². The van der Waals surface area contributed by atoms with Gasteiger partial charge in [-0.2, -0.15) is 0 Å². The minimum atomic E-state index is -0.556. The van der Waals surface area contributed by atoms with Crippen molar-refractivity contribution >= 4 is 28.3 Å². The van der Waals surface area contributed by atoms with E-state index in [0.717, 1.165) is 28.1 Å². The van der Waals surface area contributed by atoms with Crippen LogP contribution in [0.15, 0.2) is 42.5 Å². The Labute approximate surface area is 134 Å². The lowest BCUT2D eigenvalue weighted by Gasteiger charge is -2.10. The Morgan fingerprint density at radius 3 is 2.95 bits per heavy atom. The van der Waals surface area contributed by atoms with E-state index in [-0.39, 0.29) is 5.88 Å². The molecule has 0 aliphatic rings. The highest BCUT2D eigenvalue weighted by atomic mass is 35.5. The van der Waals surface area contributed by atoms with E-state index in [1.54, 1.807) is 0 Å². The highest BCUT2D eigenvalue weighted by Gasteiger charge is 2.07. The van der Waals surface area contributed by atoms with E-state index in [2.05, 4.69) is 34.3 Å². The highest BCUT2D eigenvalue weighted by Crippen LogP contribution is 2.23. The van der Waals surface area contributed by atoms with Crippen LogP contribution in [0.4, 0.5) is 5.69 Å². The molecule has 0 spiro atoms. The second-order valence-electron chi connectivity index (χ2n) is 5.38. The second-order valence-corrected chi connectivity index (χ2v) is 5.68. The molecule has 0 fully saturated rings. The van der Waals surface area contributed by atoms with Crippen LogP contribution < -0.4 is 5.32 Å². The first-order valence-corrected chi connectivity index (χ1v) is 7.74. The molecule has 0 aliphatic carbocycles. The van der Waals surface area contributed by atoms with Crippen molar-refractivity contribution in [3.8, 4) is 11.4 Å². The molecule has 1 aromatic heterocycles. The van der Waals surface area contributed by atoms with Gasteiger partial charge < -0.3 is 15.4 Å². The molecule has 0 saturated carbocycles. The van der Waals surface area contributed by atoms with Crippen LogP contribution in [-0.2, 0) is 0 Å². The van der Waals surface area contributed by atoms with Crippen molar-refractivity contribution in [2.45, 2.75) is 13.0 Å². The number of aromatic nitrogens is 2. The van der Waals surface area contributed by atoms with E-state index in [4.69, 9.17) is 11.6 Å². The zero-order valence-electron chi connectivity index (χ0n) is 12.3. The first kappa shape index (κ1) is 14.9. The molecule has 0 bridgehead atoms. The molecule has 1 unspecified atom stereocenters. The number of nitrogens with one attached hydrogen (secondary N) is 2. The van der Waals surface area contributed by atoms with Crippen molar-refractivity contribution in [1.29, 1.82) is 0 Å². The summed E-state index contributed by atoms with van der Waals surface area (Å²) in [7, 11) is 0. The number of imidazole rings is 1. The van der Waals surface area contributed by atoms with E-state index in [0.29, 0.717) is 6.54 Å². The lowest BCUT2D eigenvalue weighted by atomic mass is 10.2. The van der Waals surface area contributed by atoms with Gasteiger partial charge in [0.15, 0.2) is 0 Å². The van der Waals surface area contributed by atoms with Crippen molar-refractivity contribution < 1.29 is 5.11 Å². The van der Waals surface area contributed by atoms with Crippen molar-refractivity contribution in [2.75, 3.05) is 17.7 Å². The third kappa shape index (κ3) is 3.24. The largest absolute Gasteiger partial charge is 0.390 e. The molecule has 2 aromatic carbocycles. The zero-order chi connectivity index (χ0) is 15.5. The maximum atomic E-state index is 9.51. The molecular weight excluding hydrogens is 298 g/mol. The van der Waals surface area contributed by atoms with Crippen LogP contribution in [0, 0.1) is 6.92 Å². The fraction of sp³-hybridized carbons (Fsp3) is 0.235. The van der Waals surface area contributed by atoms with Gasteiger partial charge >= 0.3 is 0 Å². The fourth-order valence-electron chi connectivity index (χ4n) is 2.33. The summed E-state index contributed by atoms with van der Waals surface area (Å²) in [5.74, 6) is 1.05. The lowest BCUT2D eigenvalue weighted by Crippen LogP contribution is -2.20. The van der Waals surface area contributed by atoms with Crippen LogP contribution in [0.1, 0.15) is 5.56 Å². The summed E-state index contributed by atoms with van der Waals surface area (Å²) >= 11 is 5.60. The topological polar surface area (TPSA) is 60.9 Å². The Bertz CT molecular complexity index is 784. The van der Waals surface area contributed by atoms with E-state index >= 15 is 0 Å². The first-order valence-electron chi connectivity index (χ1n) is 7.20. The number of hydrogen-bond acceptors (Lipinski definition) is 3. The van der Waals surface area contributed by atoms with E-state index < -0.39 is 6.10 Å². The van der Waals surface area contributed by atoms with Crippen LogP contribution in [0.25, 0.3) is 22.4 Å². The first-order chi connectivity index (χ1) is 10.7. The zero-order valence-corrected chi connectivity index (χ0v) is 13.1. The number of hydrogen-bond donors (Lipinski definition) is 3. The molecule has 3 N–H and O–H groups in total. The van der Waals surface area contributed by atoms with Crippen LogP contribution >= 0.6 is 11.6 Å². The third-order valence-corrected chi connectivity index (χ3v) is 3.85. The molecule has 0 saturated heterocycles. The molecule has 1 heterocycles. The summed E-state index contributed by atoms with van der Waals surface area (Å²) in [4.78, 5) is 7.97. The number of aryl methyl sites for hydroxylation is 1. The second kappa shape index (κ2) is 6.38. The van der Waals surface area contributed by atoms with Crippen LogP contribution in [0.2, 0.25) is 0 Å². The number of anilines is 1. The average Bonchev–Trinajstić information content (AvgIpc) is 2.96. The van der Waals surface area contributed by atoms with Gasteiger partial charge in [-0.1, -0.05) is 18.2 Å².